The van der Waals surface area contributed by atoms with Gasteiger partial charge in [0, 0.05) is 11.3 Å². The summed E-state index contributed by atoms with van der Waals surface area (Å²) in [5.74, 6) is -2.30. The largest absolute Gasteiger partial charge is 0.478 e. The Morgan fingerprint density at radius 3 is 2.04 bits per heavy atom. The number of nitrogens with two attached hydrogens (primary N) is 1. The van der Waals surface area contributed by atoms with Gasteiger partial charge < -0.3 is 15.9 Å². The third-order valence-corrected chi connectivity index (χ3v) is 3.88. The Labute approximate surface area is 154 Å². The summed E-state index contributed by atoms with van der Waals surface area (Å²) < 4.78 is 0. The Balaban J connectivity index is 2.15. The van der Waals surface area contributed by atoms with Crippen molar-refractivity contribution < 1.29 is 19.8 Å². The summed E-state index contributed by atoms with van der Waals surface area (Å²) in [5.41, 5.74) is 7.75. The second-order valence-corrected chi connectivity index (χ2v) is 5.65. The van der Waals surface area contributed by atoms with Gasteiger partial charge in [0.2, 0.25) is 0 Å². The lowest BCUT2D eigenvalue weighted by Crippen LogP contribution is -1.98. The zero-order valence-corrected chi connectivity index (χ0v) is 14.0. The van der Waals surface area contributed by atoms with Gasteiger partial charge in [0.1, 0.15) is 11.4 Å². The molecule has 0 amide bonds. The third-order valence-electron chi connectivity index (χ3n) is 3.88. The number of nitrogen functional groups attached to an aromatic ring is 1. The zero-order valence-electron chi connectivity index (χ0n) is 14.0. The molecule has 0 atom stereocenters. The Morgan fingerprint density at radius 1 is 0.741 bits per heavy atom. The molecule has 3 aromatic carbocycles. The maximum Gasteiger partial charge on any atom is 0.337 e. The Morgan fingerprint density at radius 2 is 1.37 bits per heavy atom. The van der Waals surface area contributed by atoms with Gasteiger partial charge in [-0.3, -0.25) is 0 Å². The minimum absolute atomic E-state index is 0.0249. The first kappa shape index (κ1) is 17.8. The minimum atomic E-state index is -1.16. The van der Waals surface area contributed by atoms with Gasteiger partial charge in [-0.25, -0.2) is 9.59 Å². The standard InChI is InChI=1S/C20H15N3O4/c21-13-10-8-12(9-11-13)14-5-3-6-16(20(26)27)18(14)23-22-17-7-2-1-4-15(17)19(24)25/h1-11H,21H2,(H,24,25)(H,26,27). The highest BCUT2D eigenvalue weighted by molar-refractivity contribution is 5.98. The average molecular weight is 361 g/mol. The molecule has 0 spiro atoms. The van der Waals surface area contributed by atoms with Crippen molar-refractivity contribution in [3.8, 4) is 11.1 Å². The Bertz CT molecular complexity index is 1040. The topological polar surface area (TPSA) is 125 Å². The molecular formula is C20H15N3O4. The first-order chi connectivity index (χ1) is 13.0. The van der Waals surface area contributed by atoms with Crippen molar-refractivity contribution >= 4 is 29.0 Å². The van der Waals surface area contributed by atoms with Crippen molar-refractivity contribution in [2.45, 2.75) is 0 Å². The number of aromatic carboxylic acids is 2. The number of nitrogens with zero attached hydrogens (tertiary/aromatic N) is 2. The predicted molar refractivity (Wildman–Crippen MR) is 101 cm³/mol. The molecule has 134 valence electrons. The number of carboxylic acid groups (broad SMARTS) is 2. The van der Waals surface area contributed by atoms with Gasteiger partial charge in [-0.2, -0.15) is 0 Å². The predicted octanol–water partition coefficient (Wildman–Crippen LogP) is 4.75. The van der Waals surface area contributed by atoms with Gasteiger partial charge in [-0.1, -0.05) is 36.4 Å². The van der Waals surface area contributed by atoms with Crippen molar-refractivity contribution in [3.63, 3.8) is 0 Å². The highest BCUT2D eigenvalue weighted by Gasteiger charge is 2.16. The molecule has 0 aliphatic rings. The first-order valence-electron chi connectivity index (χ1n) is 7.93. The van der Waals surface area contributed by atoms with Gasteiger partial charge in [0.05, 0.1) is 11.1 Å². The van der Waals surface area contributed by atoms with Gasteiger partial charge in [-0.05, 0) is 35.9 Å². The summed E-state index contributed by atoms with van der Waals surface area (Å²) in [7, 11) is 0. The normalized spacial score (nSPS) is 10.8. The van der Waals surface area contributed by atoms with E-state index < -0.39 is 11.9 Å². The summed E-state index contributed by atoms with van der Waals surface area (Å²) in [5, 5.41) is 26.9. The SMILES string of the molecule is Nc1ccc(-c2cccc(C(=O)O)c2N=Nc2ccccc2C(=O)O)cc1. The van der Waals surface area contributed by atoms with E-state index in [1.807, 2.05) is 0 Å². The van der Waals surface area contributed by atoms with Crippen molar-refractivity contribution in [1.29, 1.82) is 0 Å². The smallest absolute Gasteiger partial charge is 0.337 e. The minimum Gasteiger partial charge on any atom is -0.478 e. The third kappa shape index (κ3) is 3.82. The molecule has 0 aliphatic heterocycles. The van der Waals surface area contributed by atoms with E-state index in [4.69, 9.17) is 5.73 Å². The van der Waals surface area contributed by atoms with E-state index in [1.54, 1.807) is 48.5 Å². The molecule has 0 bridgehead atoms. The van der Waals surface area contributed by atoms with Crippen LogP contribution in [0.15, 0.2) is 77.0 Å². The quantitative estimate of drug-likeness (QED) is 0.447. The van der Waals surface area contributed by atoms with Crippen molar-refractivity contribution in [2.75, 3.05) is 5.73 Å². The number of rotatable bonds is 5. The van der Waals surface area contributed by atoms with Crippen LogP contribution in [0, 0.1) is 0 Å². The molecule has 3 rings (SSSR count). The second-order valence-electron chi connectivity index (χ2n) is 5.65. The number of hydrogen-bond donors (Lipinski definition) is 3. The molecule has 0 saturated carbocycles. The molecule has 7 heteroatoms. The molecule has 0 fully saturated rings. The highest BCUT2D eigenvalue weighted by Crippen LogP contribution is 2.35. The molecule has 0 saturated heterocycles. The molecule has 3 aromatic rings. The summed E-state index contributed by atoms with van der Waals surface area (Å²) in [6.45, 7) is 0. The van der Waals surface area contributed by atoms with Gasteiger partial charge in [-0.15, -0.1) is 10.2 Å². The summed E-state index contributed by atoms with van der Waals surface area (Å²) in [6.07, 6.45) is 0. The lowest BCUT2D eigenvalue weighted by Gasteiger charge is -2.09. The highest BCUT2D eigenvalue weighted by atomic mass is 16.4. The summed E-state index contributed by atoms with van der Waals surface area (Å²) in [4.78, 5) is 23.0. The van der Waals surface area contributed by atoms with Crippen molar-refractivity contribution in [2.24, 2.45) is 10.2 Å². The fourth-order valence-electron chi connectivity index (χ4n) is 2.57. The van der Waals surface area contributed by atoms with E-state index in [-0.39, 0.29) is 22.5 Å². The van der Waals surface area contributed by atoms with E-state index in [9.17, 15) is 19.8 Å². The number of hydrogen-bond acceptors (Lipinski definition) is 5. The van der Waals surface area contributed by atoms with Crippen LogP contribution in [0.1, 0.15) is 20.7 Å². The molecule has 0 unspecified atom stereocenters. The van der Waals surface area contributed by atoms with E-state index >= 15 is 0 Å². The van der Waals surface area contributed by atoms with Gasteiger partial charge in [0.25, 0.3) is 0 Å². The lowest BCUT2D eigenvalue weighted by atomic mass is 10.00. The van der Waals surface area contributed by atoms with E-state index in [0.29, 0.717) is 16.8 Å². The first-order valence-corrected chi connectivity index (χ1v) is 7.93. The van der Waals surface area contributed by atoms with Crippen molar-refractivity contribution in [3.05, 3.63) is 77.9 Å². The van der Waals surface area contributed by atoms with Crippen LogP contribution in [0.2, 0.25) is 0 Å². The van der Waals surface area contributed by atoms with Crippen molar-refractivity contribution in [1.82, 2.24) is 0 Å². The van der Waals surface area contributed by atoms with Crippen LogP contribution in [-0.4, -0.2) is 22.2 Å². The van der Waals surface area contributed by atoms with Crippen LogP contribution in [0.25, 0.3) is 11.1 Å². The number of azo groups is 1. The second kappa shape index (κ2) is 7.49. The Hall–Kier alpha value is -4.00. The molecule has 0 heterocycles. The monoisotopic (exact) mass is 361 g/mol. The van der Waals surface area contributed by atoms with Crippen LogP contribution in [0.3, 0.4) is 0 Å². The average Bonchev–Trinajstić information content (AvgIpc) is 2.66. The number of benzene rings is 3. The molecule has 7 nitrogen and oxygen atoms in total. The lowest BCUT2D eigenvalue weighted by molar-refractivity contribution is 0.0686. The molecule has 0 aliphatic carbocycles. The van der Waals surface area contributed by atoms with Crippen LogP contribution < -0.4 is 5.73 Å². The van der Waals surface area contributed by atoms with E-state index in [1.165, 1.54) is 18.2 Å². The summed E-state index contributed by atoms with van der Waals surface area (Å²) in [6, 6.07) is 17.8. The summed E-state index contributed by atoms with van der Waals surface area (Å²) >= 11 is 0. The maximum atomic E-state index is 11.6. The van der Waals surface area contributed by atoms with Crippen LogP contribution in [0.5, 0.6) is 0 Å². The van der Waals surface area contributed by atoms with Crippen LogP contribution in [-0.2, 0) is 0 Å². The van der Waals surface area contributed by atoms with Crippen LogP contribution >= 0.6 is 0 Å². The van der Waals surface area contributed by atoms with Gasteiger partial charge in [0.15, 0.2) is 0 Å². The number of carboxylic acids is 2. The van der Waals surface area contributed by atoms with Gasteiger partial charge >= 0.3 is 11.9 Å². The Kier molecular flexibility index (Phi) is 4.94. The molecule has 0 radical (unpaired) electrons. The van der Waals surface area contributed by atoms with Crippen LogP contribution in [0.4, 0.5) is 17.1 Å². The fraction of sp³-hybridized carbons (Fsp3) is 0. The molecule has 4 N–H and O–H groups in total. The van der Waals surface area contributed by atoms with E-state index in [0.717, 1.165) is 0 Å². The number of carbonyl (C=O) groups is 2. The fourth-order valence-corrected chi connectivity index (χ4v) is 2.57. The maximum absolute atomic E-state index is 11.6. The zero-order chi connectivity index (χ0) is 19.4. The molecular weight excluding hydrogens is 346 g/mol. The number of anilines is 1. The molecule has 0 aromatic heterocycles. The molecule has 27 heavy (non-hydrogen) atoms. The van der Waals surface area contributed by atoms with E-state index in [2.05, 4.69) is 10.2 Å².